The molecule has 0 fully saturated rings. The Morgan fingerprint density at radius 2 is 2.29 bits per heavy atom. The van der Waals surface area contributed by atoms with Gasteiger partial charge >= 0.3 is 0 Å². The van der Waals surface area contributed by atoms with E-state index in [2.05, 4.69) is 10.1 Å². The molecule has 0 aliphatic carbocycles. The molecule has 0 bridgehead atoms. The number of nitrogens with zero attached hydrogens (tertiary/aromatic N) is 2. The molecule has 86 valence electrons. The molecule has 1 N–H and O–H groups in total. The summed E-state index contributed by atoms with van der Waals surface area (Å²) >= 11 is 5.20. The molecule has 0 amide bonds. The van der Waals surface area contributed by atoms with Gasteiger partial charge in [-0.25, -0.2) is 4.39 Å². The average Bonchev–Trinajstić information content (AvgIpc) is 2.88. The summed E-state index contributed by atoms with van der Waals surface area (Å²) in [6.07, 6.45) is 1.51. The Bertz CT molecular complexity index is 714. The van der Waals surface area contributed by atoms with Gasteiger partial charge in [-0.1, -0.05) is 5.16 Å². The van der Waals surface area contributed by atoms with Crippen LogP contribution in [0.25, 0.3) is 11.0 Å². The number of H-pyrrole nitrogens is 1. The molecule has 0 saturated carbocycles. The number of fused-ring (bicyclic) bond motifs is 1. The quantitative estimate of drug-likeness (QED) is 0.710. The summed E-state index contributed by atoms with van der Waals surface area (Å²) in [6.45, 7) is 0.501. The maximum absolute atomic E-state index is 13.1. The van der Waals surface area contributed by atoms with Gasteiger partial charge in [0.05, 0.1) is 17.6 Å². The van der Waals surface area contributed by atoms with Crippen LogP contribution in [0, 0.1) is 10.6 Å². The summed E-state index contributed by atoms with van der Waals surface area (Å²) in [5.41, 5.74) is 2.30. The third kappa shape index (κ3) is 1.76. The van der Waals surface area contributed by atoms with Crippen LogP contribution in [0.5, 0.6) is 0 Å². The highest BCUT2D eigenvalue weighted by molar-refractivity contribution is 7.71. The summed E-state index contributed by atoms with van der Waals surface area (Å²) < 4.78 is 20.2. The Hall–Kier alpha value is -1.95. The predicted molar refractivity (Wildman–Crippen MR) is 62.7 cm³/mol. The van der Waals surface area contributed by atoms with Gasteiger partial charge in [-0.05, 0) is 30.4 Å². The first kappa shape index (κ1) is 10.2. The Balaban J connectivity index is 2.16. The fraction of sp³-hybridized carbons (Fsp3) is 0.0909. The second kappa shape index (κ2) is 3.81. The predicted octanol–water partition coefficient (Wildman–Crippen LogP) is 2.87. The smallest absolute Gasteiger partial charge is 0.178 e. The highest BCUT2D eigenvalue weighted by atomic mass is 32.1. The van der Waals surface area contributed by atoms with Crippen LogP contribution in [0.3, 0.4) is 0 Å². The van der Waals surface area contributed by atoms with Crippen molar-refractivity contribution in [3.05, 3.63) is 46.8 Å². The fourth-order valence-electron chi connectivity index (χ4n) is 1.77. The number of rotatable bonds is 2. The SMILES string of the molecule is Fc1ccc2c(c1)[nH]c(=S)n2Cc1ccon1. The summed E-state index contributed by atoms with van der Waals surface area (Å²) in [7, 11) is 0. The van der Waals surface area contributed by atoms with Gasteiger partial charge in [-0.15, -0.1) is 0 Å². The van der Waals surface area contributed by atoms with Gasteiger partial charge in [-0.2, -0.15) is 0 Å². The standard InChI is InChI=1S/C11H8FN3OS/c12-7-1-2-10-9(5-7)13-11(17)15(10)6-8-3-4-16-14-8/h1-5H,6H2,(H,13,17). The lowest BCUT2D eigenvalue weighted by Gasteiger charge is -2.00. The normalized spacial score (nSPS) is 11.1. The minimum Gasteiger partial charge on any atom is -0.364 e. The van der Waals surface area contributed by atoms with Crippen molar-refractivity contribution in [1.82, 2.24) is 14.7 Å². The zero-order valence-corrected chi connectivity index (χ0v) is 9.50. The van der Waals surface area contributed by atoms with Crippen molar-refractivity contribution >= 4 is 23.3 Å². The van der Waals surface area contributed by atoms with Gasteiger partial charge < -0.3 is 14.1 Å². The van der Waals surface area contributed by atoms with Crippen molar-refractivity contribution < 1.29 is 8.91 Å². The van der Waals surface area contributed by atoms with Crippen molar-refractivity contribution in [1.29, 1.82) is 0 Å². The lowest BCUT2D eigenvalue weighted by Crippen LogP contribution is -1.99. The van der Waals surface area contributed by atoms with Gasteiger partial charge in [0.1, 0.15) is 17.8 Å². The third-order valence-electron chi connectivity index (χ3n) is 2.55. The van der Waals surface area contributed by atoms with E-state index in [9.17, 15) is 4.39 Å². The van der Waals surface area contributed by atoms with Crippen LogP contribution in [0.1, 0.15) is 5.69 Å². The van der Waals surface area contributed by atoms with Crippen LogP contribution >= 0.6 is 12.2 Å². The topological polar surface area (TPSA) is 46.8 Å². The molecule has 1 aromatic carbocycles. The van der Waals surface area contributed by atoms with Crippen molar-refractivity contribution in [3.8, 4) is 0 Å². The van der Waals surface area contributed by atoms with E-state index in [1.807, 2.05) is 4.57 Å². The van der Waals surface area contributed by atoms with E-state index in [1.165, 1.54) is 18.4 Å². The van der Waals surface area contributed by atoms with Gasteiger partial charge in [0.15, 0.2) is 4.77 Å². The Labute approximate surface area is 101 Å². The number of nitrogens with one attached hydrogen (secondary N) is 1. The summed E-state index contributed by atoms with van der Waals surface area (Å²) in [6, 6.07) is 6.29. The molecule has 0 aliphatic heterocycles. The van der Waals surface area contributed by atoms with Crippen molar-refractivity contribution in [2.24, 2.45) is 0 Å². The van der Waals surface area contributed by atoms with Crippen molar-refractivity contribution in [2.45, 2.75) is 6.54 Å². The highest BCUT2D eigenvalue weighted by Gasteiger charge is 2.07. The zero-order valence-electron chi connectivity index (χ0n) is 8.68. The first-order chi connectivity index (χ1) is 8.24. The van der Waals surface area contributed by atoms with Gasteiger partial charge in [-0.3, -0.25) is 0 Å². The molecule has 0 atom stereocenters. The van der Waals surface area contributed by atoms with E-state index in [1.54, 1.807) is 12.1 Å². The Kier molecular flexibility index (Phi) is 2.29. The van der Waals surface area contributed by atoms with E-state index >= 15 is 0 Å². The number of aromatic amines is 1. The van der Waals surface area contributed by atoms with Crippen LogP contribution in [0.15, 0.2) is 35.1 Å². The van der Waals surface area contributed by atoms with Crippen LogP contribution in [0.2, 0.25) is 0 Å². The van der Waals surface area contributed by atoms with Crippen LogP contribution < -0.4 is 0 Å². The van der Waals surface area contributed by atoms with E-state index < -0.39 is 0 Å². The van der Waals surface area contributed by atoms with E-state index in [4.69, 9.17) is 16.7 Å². The van der Waals surface area contributed by atoms with E-state index in [0.717, 1.165) is 11.2 Å². The number of imidazole rings is 1. The van der Waals surface area contributed by atoms with E-state index in [0.29, 0.717) is 16.8 Å². The largest absolute Gasteiger partial charge is 0.364 e. The molecule has 3 aromatic rings. The maximum Gasteiger partial charge on any atom is 0.178 e. The minimum absolute atomic E-state index is 0.290. The minimum atomic E-state index is -0.290. The molecule has 0 saturated heterocycles. The summed E-state index contributed by atoms with van der Waals surface area (Å²) in [4.78, 5) is 2.96. The maximum atomic E-state index is 13.1. The lowest BCUT2D eigenvalue weighted by molar-refractivity contribution is 0.410. The number of halogens is 1. The van der Waals surface area contributed by atoms with E-state index in [-0.39, 0.29) is 5.82 Å². The molecule has 0 aliphatic rings. The molecular weight excluding hydrogens is 241 g/mol. The zero-order chi connectivity index (χ0) is 11.8. The molecule has 2 heterocycles. The van der Waals surface area contributed by atoms with Gasteiger partial charge in [0.2, 0.25) is 0 Å². The second-order valence-corrected chi connectivity index (χ2v) is 4.06. The first-order valence-electron chi connectivity index (χ1n) is 5.01. The molecular formula is C11H8FN3OS. The molecule has 4 nitrogen and oxygen atoms in total. The lowest BCUT2D eigenvalue weighted by atomic mass is 10.3. The van der Waals surface area contributed by atoms with Crippen LogP contribution in [-0.2, 0) is 6.54 Å². The fourth-order valence-corrected chi connectivity index (χ4v) is 2.05. The number of aromatic nitrogens is 3. The van der Waals surface area contributed by atoms with Crippen LogP contribution in [-0.4, -0.2) is 14.7 Å². The highest BCUT2D eigenvalue weighted by Crippen LogP contribution is 2.16. The Morgan fingerprint density at radius 1 is 1.41 bits per heavy atom. The first-order valence-corrected chi connectivity index (χ1v) is 5.42. The Morgan fingerprint density at radius 3 is 3.06 bits per heavy atom. The molecule has 0 spiro atoms. The molecule has 6 heteroatoms. The third-order valence-corrected chi connectivity index (χ3v) is 2.87. The number of hydrogen-bond acceptors (Lipinski definition) is 3. The average molecular weight is 249 g/mol. The van der Waals surface area contributed by atoms with Crippen molar-refractivity contribution in [2.75, 3.05) is 0 Å². The van der Waals surface area contributed by atoms with Crippen molar-refractivity contribution in [3.63, 3.8) is 0 Å². The summed E-state index contributed by atoms with van der Waals surface area (Å²) in [5.74, 6) is -0.290. The molecule has 2 aromatic heterocycles. The molecule has 3 rings (SSSR count). The number of hydrogen-bond donors (Lipinski definition) is 1. The molecule has 17 heavy (non-hydrogen) atoms. The number of benzene rings is 1. The summed E-state index contributed by atoms with van der Waals surface area (Å²) in [5, 5.41) is 3.83. The van der Waals surface area contributed by atoms with Gasteiger partial charge in [0.25, 0.3) is 0 Å². The monoisotopic (exact) mass is 249 g/mol. The van der Waals surface area contributed by atoms with Gasteiger partial charge in [0, 0.05) is 6.07 Å². The second-order valence-electron chi connectivity index (χ2n) is 3.67. The van der Waals surface area contributed by atoms with Crippen LogP contribution in [0.4, 0.5) is 4.39 Å². The molecule has 0 radical (unpaired) electrons. The molecule has 0 unspecified atom stereocenters.